The largest absolute Gasteiger partial charge is 0.349 e. The van der Waals surface area contributed by atoms with Crippen molar-refractivity contribution in [2.45, 2.75) is 38.6 Å². The van der Waals surface area contributed by atoms with Crippen LogP contribution in [0.3, 0.4) is 0 Å². The lowest BCUT2D eigenvalue weighted by Crippen LogP contribution is -2.40. The zero-order valence-electron chi connectivity index (χ0n) is 11.9. The highest BCUT2D eigenvalue weighted by Crippen LogP contribution is 2.30. The van der Waals surface area contributed by atoms with Gasteiger partial charge in [0.15, 0.2) is 0 Å². The third kappa shape index (κ3) is 3.74. The Bertz CT molecular complexity index is 464. The smallest absolute Gasteiger partial charge is 0.223 e. The fourth-order valence-electron chi connectivity index (χ4n) is 3.01. The van der Waals surface area contributed by atoms with Gasteiger partial charge in [-0.05, 0) is 49.9 Å². The fraction of sp³-hybridized carbons (Fsp3) is 0.562. The predicted octanol–water partition coefficient (Wildman–Crippen LogP) is 3.28. The van der Waals surface area contributed by atoms with E-state index in [0.717, 1.165) is 24.8 Å². The van der Waals surface area contributed by atoms with E-state index in [1.807, 2.05) is 31.2 Å². The lowest BCUT2D eigenvalue weighted by Gasteiger charge is -2.30. The van der Waals surface area contributed by atoms with Gasteiger partial charge in [-0.15, -0.1) is 0 Å². The summed E-state index contributed by atoms with van der Waals surface area (Å²) in [4.78, 5) is 12.4. The summed E-state index contributed by atoms with van der Waals surface area (Å²) in [5.74, 6) is 0.526. The second kappa shape index (κ2) is 7.09. The quantitative estimate of drug-likeness (QED) is 0.895. The molecule has 3 atom stereocenters. The van der Waals surface area contributed by atoms with Crippen molar-refractivity contribution in [2.75, 3.05) is 6.54 Å². The first-order valence-corrected chi connectivity index (χ1v) is 7.75. The van der Waals surface area contributed by atoms with Crippen molar-refractivity contribution in [1.29, 1.82) is 0 Å². The molecule has 0 spiro atoms. The van der Waals surface area contributed by atoms with Crippen LogP contribution in [0.1, 0.15) is 44.2 Å². The highest BCUT2D eigenvalue weighted by molar-refractivity contribution is 6.30. The van der Waals surface area contributed by atoms with Crippen LogP contribution >= 0.6 is 11.6 Å². The Balaban J connectivity index is 1.99. The second-order valence-electron chi connectivity index (χ2n) is 5.67. The van der Waals surface area contributed by atoms with Crippen LogP contribution in [0.5, 0.6) is 0 Å². The lowest BCUT2D eigenvalue weighted by atomic mass is 9.78. The molecule has 0 aliphatic heterocycles. The van der Waals surface area contributed by atoms with Gasteiger partial charge in [-0.3, -0.25) is 4.79 Å². The lowest BCUT2D eigenvalue weighted by molar-refractivity contribution is -0.128. The maximum absolute atomic E-state index is 12.4. The topological polar surface area (TPSA) is 55.1 Å². The van der Waals surface area contributed by atoms with Gasteiger partial charge < -0.3 is 11.1 Å². The van der Waals surface area contributed by atoms with Gasteiger partial charge in [0.1, 0.15) is 0 Å². The molecule has 0 radical (unpaired) electrons. The van der Waals surface area contributed by atoms with Crippen LogP contribution in [-0.2, 0) is 4.79 Å². The average Bonchev–Trinajstić information content (AvgIpc) is 2.47. The number of amides is 1. The van der Waals surface area contributed by atoms with Crippen molar-refractivity contribution >= 4 is 17.5 Å². The molecule has 1 aromatic carbocycles. The fourth-order valence-corrected chi connectivity index (χ4v) is 3.21. The molecule has 1 aliphatic carbocycles. The molecule has 0 aromatic heterocycles. The number of halogens is 1. The Hall–Kier alpha value is -1.06. The van der Waals surface area contributed by atoms with Gasteiger partial charge >= 0.3 is 0 Å². The molecule has 2 rings (SSSR count). The Morgan fingerprint density at radius 3 is 2.90 bits per heavy atom. The van der Waals surface area contributed by atoms with Crippen molar-refractivity contribution in [3.63, 3.8) is 0 Å². The predicted molar refractivity (Wildman–Crippen MR) is 82.5 cm³/mol. The van der Waals surface area contributed by atoms with Gasteiger partial charge in [0, 0.05) is 10.9 Å². The number of benzene rings is 1. The molecule has 3 unspecified atom stereocenters. The summed E-state index contributed by atoms with van der Waals surface area (Å²) in [6.07, 6.45) is 4.34. The van der Waals surface area contributed by atoms with Crippen LogP contribution in [-0.4, -0.2) is 12.5 Å². The molecule has 0 bridgehead atoms. The van der Waals surface area contributed by atoms with Crippen molar-refractivity contribution in [3.05, 3.63) is 34.9 Å². The minimum Gasteiger partial charge on any atom is -0.349 e. The minimum absolute atomic E-state index is 0.0263. The molecular formula is C16H23ClN2O. The Kier molecular flexibility index (Phi) is 5.44. The highest BCUT2D eigenvalue weighted by atomic mass is 35.5. The second-order valence-corrected chi connectivity index (χ2v) is 6.11. The molecule has 0 heterocycles. The molecule has 1 aliphatic rings. The van der Waals surface area contributed by atoms with E-state index in [2.05, 4.69) is 5.32 Å². The first-order chi connectivity index (χ1) is 9.61. The van der Waals surface area contributed by atoms with E-state index in [1.54, 1.807) is 0 Å². The molecule has 1 fully saturated rings. The number of hydrogen-bond donors (Lipinski definition) is 2. The van der Waals surface area contributed by atoms with Gasteiger partial charge in [0.2, 0.25) is 5.91 Å². The SMILES string of the molecule is CC(NC(=O)C1CCCCC1CN)c1cccc(Cl)c1. The van der Waals surface area contributed by atoms with E-state index < -0.39 is 0 Å². The molecule has 110 valence electrons. The summed E-state index contributed by atoms with van der Waals surface area (Å²) in [6, 6.07) is 7.60. The minimum atomic E-state index is -0.0263. The summed E-state index contributed by atoms with van der Waals surface area (Å²) in [7, 11) is 0. The van der Waals surface area contributed by atoms with Crippen molar-refractivity contribution in [3.8, 4) is 0 Å². The number of nitrogens with two attached hydrogens (primary N) is 1. The van der Waals surface area contributed by atoms with Gasteiger partial charge in [-0.1, -0.05) is 36.6 Å². The van der Waals surface area contributed by atoms with E-state index in [9.17, 15) is 4.79 Å². The molecule has 0 saturated heterocycles. The van der Waals surface area contributed by atoms with Crippen LogP contribution in [0.2, 0.25) is 5.02 Å². The molecular weight excluding hydrogens is 272 g/mol. The summed E-state index contributed by atoms with van der Waals surface area (Å²) >= 11 is 5.99. The summed E-state index contributed by atoms with van der Waals surface area (Å²) in [5.41, 5.74) is 6.83. The summed E-state index contributed by atoms with van der Waals surface area (Å²) in [5, 5.41) is 3.80. The van der Waals surface area contributed by atoms with Gasteiger partial charge in [-0.2, -0.15) is 0 Å². The zero-order valence-corrected chi connectivity index (χ0v) is 12.7. The van der Waals surface area contributed by atoms with E-state index >= 15 is 0 Å². The van der Waals surface area contributed by atoms with Crippen LogP contribution in [0.25, 0.3) is 0 Å². The maximum Gasteiger partial charge on any atom is 0.223 e. The Morgan fingerprint density at radius 1 is 1.45 bits per heavy atom. The third-order valence-electron chi connectivity index (χ3n) is 4.26. The number of rotatable bonds is 4. The zero-order chi connectivity index (χ0) is 14.5. The molecule has 4 heteroatoms. The number of carbonyl (C=O) groups is 1. The van der Waals surface area contributed by atoms with Crippen molar-refractivity contribution in [2.24, 2.45) is 17.6 Å². The number of carbonyl (C=O) groups excluding carboxylic acids is 1. The van der Waals surface area contributed by atoms with Crippen LogP contribution in [0.4, 0.5) is 0 Å². The third-order valence-corrected chi connectivity index (χ3v) is 4.49. The van der Waals surface area contributed by atoms with Crippen LogP contribution in [0, 0.1) is 11.8 Å². The first kappa shape index (κ1) is 15.3. The number of nitrogens with one attached hydrogen (secondary N) is 1. The first-order valence-electron chi connectivity index (χ1n) is 7.37. The van der Waals surface area contributed by atoms with E-state index in [4.69, 9.17) is 17.3 Å². The van der Waals surface area contributed by atoms with E-state index in [1.165, 1.54) is 6.42 Å². The molecule has 1 aromatic rings. The highest BCUT2D eigenvalue weighted by Gasteiger charge is 2.30. The van der Waals surface area contributed by atoms with Gasteiger partial charge in [0.05, 0.1) is 6.04 Å². The molecule has 1 amide bonds. The Morgan fingerprint density at radius 2 is 2.20 bits per heavy atom. The van der Waals surface area contributed by atoms with Crippen LogP contribution < -0.4 is 11.1 Å². The van der Waals surface area contributed by atoms with E-state index in [0.29, 0.717) is 17.5 Å². The Labute approximate surface area is 125 Å². The van der Waals surface area contributed by atoms with Crippen molar-refractivity contribution in [1.82, 2.24) is 5.32 Å². The maximum atomic E-state index is 12.4. The molecule has 3 N–H and O–H groups in total. The molecule has 3 nitrogen and oxygen atoms in total. The van der Waals surface area contributed by atoms with Gasteiger partial charge in [0.25, 0.3) is 0 Å². The summed E-state index contributed by atoms with van der Waals surface area (Å²) < 4.78 is 0. The summed E-state index contributed by atoms with van der Waals surface area (Å²) in [6.45, 7) is 2.59. The normalized spacial score (nSPS) is 24.1. The van der Waals surface area contributed by atoms with Crippen LogP contribution in [0.15, 0.2) is 24.3 Å². The van der Waals surface area contributed by atoms with Gasteiger partial charge in [-0.25, -0.2) is 0 Å². The molecule has 20 heavy (non-hydrogen) atoms. The van der Waals surface area contributed by atoms with Crippen molar-refractivity contribution < 1.29 is 4.79 Å². The number of hydrogen-bond acceptors (Lipinski definition) is 2. The van der Waals surface area contributed by atoms with E-state index in [-0.39, 0.29) is 17.9 Å². The monoisotopic (exact) mass is 294 g/mol. The molecule has 1 saturated carbocycles. The average molecular weight is 295 g/mol. The standard InChI is InChI=1S/C16H23ClN2O/c1-11(12-6-4-7-14(17)9-12)19-16(20)15-8-3-2-5-13(15)10-18/h4,6-7,9,11,13,15H,2-3,5,8,10,18H2,1H3,(H,19,20).